The zero-order chi connectivity index (χ0) is 24.1. The first kappa shape index (κ1) is 21.6. The average Bonchev–Trinajstić information content (AvgIpc) is 3.55. The van der Waals surface area contributed by atoms with Gasteiger partial charge in [0.25, 0.3) is 0 Å². The molecule has 0 bridgehead atoms. The van der Waals surface area contributed by atoms with Gasteiger partial charge >= 0.3 is 0 Å². The molecule has 176 valence electrons. The maximum atomic E-state index is 14.8. The summed E-state index contributed by atoms with van der Waals surface area (Å²) in [5.41, 5.74) is 5.18. The first-order chi connectivity index (χ1) is 17.0. The number of fused-ring (bicyclic) bond motifs is 1. The Morgan fingerprint density at radius 1 is 1.00 bits per heavy atom. The van der Waals surface area contributed by atoms with Crippen LogP contribution < -0.4 is 19.7 Å². The van der Waals surface area contributed by atoms with Gasteiger partial charge in [0.15, 0.2) is 16.6 Å². The minimum Gasteiger partial charge on any atom is -0.454 e. The van der Waals surface area contributed by atoms with Crippen molar-refractivity contribution in [2.24, 2.45) is 0 Å². The Bertz CT molecular complexity index is 1440. The second kappa shape index (κ2) is 8.39. The molecule has 0 saturated carbocycles. The quantitative estimate of drug-likeness (QED) is 0.383. The Balaban J connectivity index is 1.52. The van der Waals surface area contributed by atoms with Crippen LogP contribution in [-0.4, -0.2) is 21.5 Å². The van der Waals surface area contributed by atoms with Gasteiger partial charge in [-0.2, -0.15) is 0 Å². The Morgan fingerprint density at radius 3 is 2.60 bits per heavy atom. The van der Waals surface area contributed by atoms with Crippen LogP contribution in [0.3, 0.4) is 0 Å². The number of aryl methyl sites for hydroxylation is 1. The Kier molecular flexibility index (Phi) is 5.18. The number of nitrogens with zero attached hydrogens (tertiary/aromatic N) is 3. The molecule has 2 aromatic carbocycles. The number of anilines is 1. The average molecular weight is 487 g/mol. The van der Waals surface area contributed by atoms with Crippen LogP contribution >= 0.6 is 12.2 Å². The Morgan fingerprint density at radius 2 is 1.80 bits per heavy atom. The van der Waals surface area contributed by atoms with E-state index in [1.807, 2.05) is 60.9 Å². The van der Waals surface area contributed by atoms with Crippen molar-refractivity contribution in [3.8, 4) is 17.2 Å². The molecule has 0 unspecified atom stereocenters. The maximum absolute atomic E-state index is 14.8. The number of halogens is 1. The minimum absolute atomic E-state index is 0.200. The summed E-state index contributed by atoms with van der Waals surface area (Å²) < 4.78 is 27.9. The summed E-state index contributed by atoms with van der Waals surface area (Å²) in [4.78, 5) is 6.72. The number of hydrogen-bond acceptors (Lipinski definition) is 4. The summed E-state index contributed by atoms with van der Waals surface area (Å²) >= 11 is 5.85. The molecular formula is C27H23FN4O2S. The molecule has 0 spiro atoms. The molecule has 35 heavy (non-hydrogen) atoms. The summed E-state index contributed by atoms with van der Waals surface area (Å²) in [6.07, 6.45) is 1.78. The maximum Gasteiger partial charge on any atom is 0.231 e. The number of nitrogens with one attached hydrogen (secondary N) is 1. The second-order valence-corrected chi connectivity index (χ2v) is 9.03. The predicted octanol–water partition coefficient (Wildman–Crippen LogP) is 5.53. The SMILES string of the molecule is Cc1cc([C@H]2[C@H](c3ccccn3)NC(=S)N2c2ccc3c(c2)OCO3)c(C)n1-c1ccccc1F. The fraction of sp³-hybridized carbons (Fsp3) is 0.185. The molecule has 8 heteroatoms. The van der Waals surface area contributed by atoms with Gasteiger partial charge in [0.05, 0.1) is 23.5 Å². The second-order valence-electron chi connectivity index (χ2n) is 8.65. The molecule has 2 atom stereocenters. The van der Waals surface area contributed by atoms with E-state index >= 15 is 0 Å². The van der Waals surface area contributed by atoms with Crippen LogP contribution in [0, 0.1) is 19.7 Å². The van der Waals surface area contributed by atoms with Crippen molar-refractivity contribution in [2.75, 3.05) is 11.7 Å². The monoisotopic (exact) mass is 486 g/mol. The van der Waals surface area contributed by atoms with Crippen molar-refractivity contribution in [3.63, 3.8) is 0 Å². The third-order valence-electron chi connectivity index (χ3n) is 6.61. The van der Waals surface area contributed by atoms with E-state index in [1.165, 1.54) is 6.07 Å². The van der Waals surface area contributed by atoms with Crippen molar-refractivity contribution in [1.29, 1.82) is 0 Å². The van der Waals surface area contributed by atoms with Gasteiger partial charge in [0.2, 0.25) is 6.79 Å². The molecule has 4 heterocycles. The molecule has 2 aromatic heterocycles. The Hall–Kier alpha value is -3.91. The van der Waals surface area contributed by atoms with Crippen LogP contribution in [0.15, 0.2) is 72.9 Å². The molecule has 6 rings (SSSR count). The van der Waals surface area contributed by atoms with Gasteiger partial charge in [-0.25, -0.2) is 4.39 Å². The topological polar surface area (TPSA) is 51.6 Å². The number of ether oxygens (including phenoxy) is 2. The normalized spacial score (nSPS) is 18.7. The number of aromatic nitrogens is 2. The van der Waals surface area contributed by atoms with E-state index < -0.39 is 0 Å². The van der Waals surface area contributed by atoms with Crippen molar-refractivity contribution in [2.45, 2.75) is 25.9 Å². The third kappa shape index (κ3) is 3.52. The van der Waals surface area contributed by atoms with Crippen molar-refractivity contribution in [1.82, 2.24) is 14.9 Å². The van der Waals surface area contributed by atoms with E-state index in [9.17, 15) is 4.39 Å². The third-order valence-corrected chi connectivity index (χ3v) is 6.93. The summed E-state index contributed by atoms with van der Waals surface area (Å²) in [5.74, 6) is 1.12. The highest BCUT2D eigenvalue weighted by Crippen LogP contribution is 2.46. The lowest BCUT2D eigenvalue weighted by Gasteiger charge is -2.28. The number of rotatable bonds is 4. The van der Waals surface area contributed by atoms with Gasteiger partial charge in [-0.3, -0.25) is 4.98 Å². The molecule has 1 saturated heterocycles. The number of para-hydroxylation sites is 1. The molecule has 4 aromatic rings. The van der Waals surface area contributed by atoms with Crippen molar-refractivity contribution in [3.05, 3.63) is 101 Å². The first-order valence-corrected chi connectivity index (χ1v) is 11.8. The largest absolute Gasteiger partial charge is 0.454 e. The Labute approximate surface area is 207 Å². The van der Waals surface area contributed by atoms with E-state index in [0.29, 0.717) is 22.3 Å². The van der Waals surface area contributed by atoms with E-state index in [0.717, 1.165) is 28.3 Å². The molecule has 0 aliphatic carbocycles. The number of hydrogen-bond donors (Lipinski definition) is 1. The lowest BCUT2D eigenvalue weighted by molar-refractivity contribution is 0.174. The molecule has 2 aliphatic heterocycles. The molecule has 1 fully saturated rings. The smallest absolute Gasteiger partial charge is 0.231 e. The lowest BCUT2D eigenvalue weighted by Crippen LogP contribution is -2.29. The zero-order valence-electron chi connectivity index (χ0n) is 19.2. The van der Waals surface area contributed by atoms with Crippen molar-refractivity contribution < 1.29 is 13.9 Å². The lowest BCUT2D eigenvalue weighted by atomic mass is 9.96. The standard InChI is InChI=1S/C27H23FN4O2S/c1-16-13-19(17(2)31(16)22-9-4-3-7-20(22)28)26-25(21-8-5-6-12-29-21)30-27(35)32(26)18-10-11-23-24(14-18)34-15-33-23/h3-14,25-26H,15H2,1-2H3,(H,30,35)/t25-,26-/m0/s1. The van der Waals surface area contributed by atoms with Crippen molar-refractivity contribution >= 4 is 23.0 Å². The van der Waals surface area contributed by atoms with Gasteiger partial charge in [-0.15, -0.1) is 0 Å². The molecule has 1 N–H and O–H groups in total. The highest BCUT2D eigenvalue weighted by atomic mass is 32.1. The molecule has 0 amide bonds. The van der Waals surface area contributed by atoms with Crippen LogP contribution in [-0.2, 0) is 0 Å². The van der Waals surface area contributed by atoms with Crippen LogP contribution in [0.25, 0.3) is 5.69 Å². The van der Waals surface area contributed by atoms with Crippen LogP contribution in [0.4, 0.5) is 10.1 Å². The summed E-state index contributed by atoms with van der Waals surface area (Å²) in [7, 11) is 0. The van der Waals surface area contributed by atoms with Gasteiger partial charge in [-0.1, -0.05) is 18.2 Å². The highest BCUT2D eigenvalue weighted by Gasteiger charge is 2.42. The van der Waals surface area contributed by atoms with Gasteiger partial charge < -0.3 is 24.3 Å². The van der Waals surface area contributed by atoms with E-state index in [2.05, 4.69) is 21.3 Å². The fourth-order valence-electron chi connectivity index (χ4n) is 5.07. The molecule has 0 radical (unpaired) electrons. The zero-order valence-corrected chi connectivity index (χ0v) is 20.1. The van der Waals surface area contributed by atoms with Gasteiger partial charge in [0, 0.05) is 29.3 Å². The molecular weight excluding hydrogens is 463 g/mol. The van der Waals surface area contributed by atoms with E-state index in [1.54, 1.807) is 18.3 Å². The number of benzene rings is 2. The van der Waals surface area contributed by atoms with Gasteiger partial charge in [-0.05, 0) is 74.1 Å². The van der Waals surface area contributed by atoms with Crippen LogP contribution in [0.2, 0.25) is 0 Å². The van der Waals surface area contributed by atoms with Crippen LogP contribution in [0.5, 0.6) is 11.5 Å². The summed E-state index contributed by atoms with van der Waals surface area (Å²) in [5, 5.41) is 4.07. The summed E-state index contributed by atoms with van der Waals surface area (Å²) in [6.45, 7) is 4.21. The number of thiocarbonyl (C=S) groups is 1. The minimum atomic E-state index is -0.269. The van der Waals surface area contributed by atoms with E-state index in [4.69, 9.17) is 21.7 Å². The van der Waals surface area contributed by atoms with E-state index in [-0.39, 0.29) is 24.7 Å². The first-order valence-electron chi connectivity index (χ1n) is 11.4. The molecule has 2 aliphatic rings. The van der Waals surface area contributed by atoms with Crippen LogP contribution in [0.1, 0.15) is 34.7 Å². The number of pyridine rings is 1. The van der Waals surface area contributed by atoms with Gasteiger partial charge in [0.1, 0.15) is 5.82 Å². The highest BCUT2D eigenvalue weighted by molar-refractivity contribution is 7.80. The predicted molar refractivity (Wildman–Crippen MR) is 136 cm³/mol. The molecule has 6 nitrogen and oxygen atoms in total. The fourth-order valence-corrected chi connectivity index (χ4v) is 5.42. The summed E-state index contributed by atoms with van der Waals surface area (Å²) in [6, 6.07) is 20.2.